The molecule has 1 aliphatic rings. The van der Waals surface area contributed by atoms with E-state index in [1.165, 1.54) is 16.7 Å². The van der Waals surface area contributed by atoms with Gasteiger partial charge < -0.3 is 19.5 Å². The maximum Gasteiger partial charge on any atom is 0.270 e. The summed E-state index contributed by atoms with van der Waals surface area (Å²) < 4.78 is 17.0. The van der Waals surface area contributed by atoms with Crippen molar-refractivity contribution in [3.8, 4) is 17.2 Å². The minimum absolute atomic E-state index is 0.174. The zero-order valence-corrected chi connectivity index (χ0v) is 19.9. The zero-order valence-electron chi connectivity index (χ0n) is 19.9. The van der Waals surface area contributed by atoms with E-state index in [1.54, 1.807) is 38.6 Å². The van der Waals surface area contributed by atoms with Gasteiger partial charge in [-0.1, -0.05) is 18.2 Å². The Labute approximate surface area is 200 Å². The van der Waals surface area contributed by atoms with Gasteiger partial charge in [0.1, 0.15) is 17.5 Å². The van der Waals surface area contributed by atoms with Crippen molar-refractivity contribution in [1.82, 2.24) is 15.2 Å². The van der Waals surface area contributed by atoms with Gasteiger partial charge >= 0.3 is 0 Å². The van der Waals surface area contributed by atoms with E-state index in [1.807, 2.05) is 19.1 Å². The quantitative estimate of drug-likeness (QED) is 0.522. The number of carbonyl (C=O) groups excluding carboxylic acids is 1. The van der Waals surface area contributed by atoms with E-state index < -0.39 is 0 Å². The van der Waals surface area contributed by atoms with Gasteiger partial charge in [0.15, 0.2) is 11.5 Å². The van der Waals surface area contributed by atoms with Gasteiger partial charge in [-0.3, -0.25) is 14.7 Å². The van der Waals surface area contributed by atoms with Gasteiger partial charge in [0, 0.05) is 25.8 Å². The normalized spacial score (nSPS) is 14.1. The third-order valence-corrected chi connectivity index (χ3v) is 5.89. The number of amides is 1. The first kappa shape index (κ1) is 23.6. The van der Waals surface area contributed by atoms with Crippen LogP contribution in [-0.4, -0.2) is 49.2 Å². The molecule has 0 saturated carbocycles. The lowest BCUT2D eigenvalue weighted by atomic mass is 9.98. The van der Waals surface area contributed by atoms with Crippen molar-refractivity contribution in [3.05, 3.63) is 83.2 Å². The summed E-state index contributed by atoms with van der Waals surface area (Å²) in [5, 5.41) is 2.87. The molecule has 1 atom stereocenters. The molecule has 178 valence electrons. The fourth-order valence-electron chi connectivity index (χ4n) is 4.15. The van der Waals surface area contributed by atoms with Crippen LogP contribution < -0.4 is 19.5 Å². The second kappa shape index (κ2) is 11.0. The summed E-state index contributed by atoms with van der Waals surface area (Å²) >= 11 is 0. The van der Waals surface area contributed by atoms with E-state index in [0.717, 1.165) is 43.3 Å². The van der Waals surface area contributed by atoms with Gasteiger partial charge in [-0.15, -0.1) is 0 Å². The largest absolute Gasteiger partial charge is 0.493 e. The molecule has 0 spiro atoms. The number of nitrogens with zero attached hydrogens (tertiary/aromatic N) is 2. The van der Waals surface area contributed by atoms with Crippen LogP contribution in [0.25, 0.3) is 0 Å². The zero-order chi connectivity index (χ0) is 23.9. The highest BCUT2D eigenvalue weighted by molar-refractivity contribution is 5.92. The number of hydrogen-bond donors (Lipinski definition) is 1. The molecule has 0 radical (unpaired) electrons. The smallest absolute Gasteiger partial charge is 0.270 e. The maximum atomic E-state index is 12.2. The number of hydrogen-bond acceptors (Lipinski definition) is 6. The lowest BCUT2D eigenvalue weighted by Gasteiger charge is -2.29. The van der Waals surface area contributed by atoms with Crippen LogP contribution in [0.1, 0.15) is 34.1 Å². The number of methoxy groups -OCH3 is 2. The van der Waals surface area contributed by atoms with Gasteiger partial charge in [-0.25, -0.2) is 0 Å². The van der Waals surface area contributed by atoms with Crippen LogP contribution in [0.3, 0.4) is 0 Å². The van der Waals surface area contributed by atoms with Crippen LogP contribution in [0.2, 0.25) is 0 Å². The fourth-order valence-corrected chi connectivity index (χ4v) is 4.15. The molecule has 1 unspecified atom stereocenters. The highest BCUT2D eigenvalue weighted by Crippen LogP contribution is 2.33. The molecule has 0 fully saturated rings. The molecule has 3 aromatic rings. The molecule has 2 aromatic carbocycles. The molecule has 1 aliphatic heterocycles. The number of rotatable bonds is 9. The molecule has 0 bridgehead atoms. The van der Waals surface area contributed by atoms with Gasteiger partial charge in [-0.05, 0) is 66.4 Å². The van der Waals surface area contributed by atoms with Crippen LogP contribution in [-0.2, 0) is 19.5 Å². The monoisotopic (exact) mass is 461 g/mol. The van der Waals surface area contributed by atoms with Gasteiger partial charge in [0.25, 0.3) is 5.91 Å². The lowest BCUT2D eigenvalue weighted by molar-refractivity contribution is 0.0927. The van der Waals surface area contributed by atoms with Crippen LogP contribution in [0.5, 0.6) is 17.2 Å². The molecular weight excluding hydrogens is 430 g/mol. The van der Waals surface area contributed by atoms with Crippen LogP contribution in [0, 0.1) is 0 Å². The Morgan fingerprint density at radius 3 is 2.59 bits per heavy atom. The number of fused-ring (bicyclic) bond motifs is 1. The van der Waals surface area contributed by atoms with Gasteiger partial charge in [0.05, 0.1) is 20.8 Å². The van der Waals surface area contributed by atoms with Crippen LogP contribution in [0.15, 0.2) is 60.8 Å². The summed E-state index contributed by atoms with van der Waals surface area (Å²) in [4.78, 5) is 18.7. The SMILES string of the molecule is COc1cc2c(cc1OC)CN(Cc1cccc(OC(C)CNC(=O)c3ccccn3)c1)CC2. The van der Waals surface area contributed by atoms with Crippen molar-refractivity contribution in [2.45, 2.75) is 32.5 Å². The number of carbonyl (C=O) groups is 1. The van der Waals surface area contributed by atoms with Gasteiger partial charge in [-0.2, -0.15) is 0 Å². The molecule has 0 aliphatic carbocycles. The topological polar surface area (TPSA) is 72.9 Å². The molecule has 1 N–H and O–H groups in total. The Bertz CT molecular complexity index is 1120. The molecule has 1 amide bonds. The summed E-state index contributed by atoms with van der Waals surface area (Å²) in [5.41, 5.74) is 4.17. The summed E-state index contributed by atoms with van der Waals surface area (Å²) in [7, 11) is 3.34. The van der Waals surface area contributed by atoms with E-state index >= 15 is 0 Å². The van der Waals surface area contributed by atoms with E-state index in [0.29, 0.717) is 12.2 Å². The summed E-state index contributed by atoms with van der Waals surface area (Å²) in [5.74, 6) is 2.14. The Hall–Kier alpha value is -3.58. The van der Waals surface area contributed by atoms with Crippen molar-refractivity contribution >= 4 is 5.91 Å². The third kappa shape index (κ3) is 5.85. The Balaban J connectivity index is 1.33. The van der Waals surface area contributed by atoms with E-state index in [4.69, 9.17) is 14.2 Å². The fraction of sp³-hybridized carbons (Fsp3) is 0.333. The van der Waals surface area contributed by atoms with Crippen molar-refractivity contribution in [2.24, 2.45) is 0 Å². The van der Waals surface area contributed by atoms with E-state index in [2.05, 4.69) is 39.5 Å². The van der Waals surface area contributed by atoms with Crippen LogP contribution >= 0.6 is 0 Å². The maximum absolute atomic E-state index is 12.2. The first-order valence-electron chi connectivity index (χ1n) is 11.5. The highest BCUT2D eigenvalue weighted by atomic mass is 16.5. The minimum Gasteiger partial charge on any atom is -0.493 e. The third-order valence-electron chi connectivity index (χ3n) is 5.89. The lowest BCUT2D eigenvalue weighted by Crippen LogP contribution is -2.34. The molecule has 2 heterocycles. The van der Waals surface area contributed by atoms with Crippen molar-refractivity contribution in [2.75, 3.05) is 27.3 Å². The molecule has 4 rings (SSSR count). The van der Waals surface area contributed by atoms with Crippen molar-refractivity contribution in [3.63, 3.8) is 0 Å². The number of aromatic nitrogens is 1. The number of benzene rings is 2. The molecule has 7 heteroatoms. The summed E-state index contributed by atoms with van der Waals surface area (Å²) in [6, 6.07) is 17.6. The molecule has 1 aromatic heterocycles. The Morgan fingerprint density at radius 1 is 1.06 bits per heavy atom. The summed E-state index contributed by atoms with van der Waals surface area (Å²) in [6.45, 7) is 5.00. The predicted molar refractivity (Wildman–Crippen MR) is 130 cm³/mol. The van der Waals surface area contributed by atoms with Crippen molar-refractivity contribution in [1.29, 1.82) is 0 Å². The van der Waals surface area contributed by atoms with Gasteiger partial charge in [0.2, 0.25) is 0 Å². The van der Waals surface area contributed by atoms with E-state index in [-0.39, 0.29) is 12.0 Å². The predicted octanol–water partition coefficient (Wildman–Crippen LogP) is 3.85. The summed E-state index contributed by atoms with van der Waals surface area (Å²) in [6.07, 6.45) is 2.40. The van der Waals surface area contributed by atoms with Crippen LogP contribution in [0.4, 0.5) is 0 Å². The highest BCUT2D eigenvalue weighted by Gasteiger charge is 2.20. The van der Waals surface area contributed by atoms with E-state index in [9.17, 15) is 4.79 Å². The number of ether oxygens (including phenoxy) is 3. The minimum atomic E-state index is -0.204. The number of nitrogens with one attached hydrogen (secondary N) is 1. The number of pyridine rings is 1. The molecular formula is C27H31N3O4. The first-order valence-corrected chi connectivity index (χ1v) is 11.5. The first-order chi connectivity index (χ1) is 16.6. The Kier molecular flexibility index (Phi) is 7.65. The molecule has 34 heavy (non-hydrogen) atoms. The second-order valence-electron chi connectivity index (χ2n) is 8.44. The second-order valence-corrected chi connectivity index (χ2v) is 8.44. The Morgan fingerprint density at radius 2 is 1.85 bits per heavy atom. The van der Waals surface area contributed by atoms with Crippen molar-refractivity contribution < 1.29 is 19.0 Å². The average Bonchev–Trinajstić information content (AvgIpc) is 2.87. The molecule has 7 nitrogen and oxygen atoms in total. The molecule has 0 saturated heterocycles. The standard InChI is InChI=1S/C27H31N3O4/c1-19(16-29-27(31)24-9-4-5-11-28-24)34-23-8-6-7-20(13-23)17-30-12-10-21-14-25(32-2)26(33-3)15-22(21)18-30/h4-9,11,13-15,19H,10,12,16-18H2,1-3H3,(H,29,31). The average molecular weight is 462 g/mol.